The standard InChI is InChI=1S/C22H16F5N3O2/c23-21(24)32-18-4-2-1-3-15(18)12-30-17-9-13(14-6-8-20(31)28-11-14)5-7-16(17)29-19(30)10-22(25,26)27/h1-9,11,21H,10,12H2,(H,28,31). The first kappa shape index (κ1) is 21.5. The second kappa shape index (κ2) is 8.45. The third-order valence-corrected chi connectivity index (χ3v) is 4.82. The summed E-state index contributed by atoms with van der Waals surface area (Å²) in [6, 6.07) is 13.7. The number of H-pyrrole nitrogens is 1. The van der Waals surface area contributed by atoms with Crippen LogP contribution in [0, 0.1) is 0 Å². The van der Waals surface area contributed by atoms with Gasteiger partial charge in [-0.15, -0.1) is 0 Å². The number of para-hydroxylation sites is 1. The molecule has 0 saturated heterocycles. The number of alkyl halides is 5. The molecule has 0 aliphatic carbocycles. The molecular weight excluding hydrogens is 433 g/mol. The summed E-state index contributed by atoms with van der Waals surface area (Å²) in [5.74, 6) is -0.378. The highest BCUT2D eigenvalue weighted by Crippen LogP contribution is 2.30. The lowest BCUT2D eigenvalue weighted by Gasteiger charge is -2.15. The van der Waals surface area contributed by atoms with E-state index in [1.54, 1.807) is 30.3 Å². The van der Waals surface area contributed by atoms with Crippen molar-refractivity contribution >= 4 is 11.0 Å². The number of hydrogen-bond acceptors (Lipinski definition) is 3. The average molecular weight is 449 g/mol. The van der Waals surface area contributed by atoms with Crippen molar-refractivity contribution in [1.29, 1.82) is 0 Å². The number of ether oxygens (including phenoxy) is 1. The minimum absolute atomic E-state index is 0.126. The van der Waals surface area contributed by atoms with Crippen LogP contribution in [0.15, 0.2) is 65.6 Å². The van der Waals surface area contributed by atoms with Gasteiger partial charge in [0, 0.05) is 17.8 Å². The van der Waals surface area contributed by atoms with Gasteiger partial charge in [0.25, 0.3) is 0 Å². The molecule has 0 fully saturated rings. The van der Waals surface area contributed by atoms with Crippen molar-refractivity contribution in [2.75, 3.05) is 0 Å². The molecular formula is C22H16F5N3O2. The van der Waals surface area contributed by atoms with Crippen LogP contribution >= 0.6 is 0 Å². The number of hydrogen-bond donors (Lipinski definition) is 1. The highest BCUT2D eigenvalue weighted by molar-refractivity contribution is 5.82. The Balaban J connectivity index is 1.84. The second-order valence-corrected chi connectivity index (χ2v) is 7.04. The molecule has 10 heteroatoms. The summed E-state index contributed by atoms with van der Waals surface area (Å²) >= 11 is 0. The molecule has 0 unspecified atom stereocenters. The van der Waals surface area contributed by atoms with Crippen molar-refractivity contribution in [3.63, 3.8) is 0 Å². The monoisotopic (exact) mass is 449 g/mol. The summed E-state index contributed by atoms with van der Waals surface area (Å²) in [6.07, 6.45) is -4.31. The number of benzene rings is 2. The van der Waals surface area contributed by atoms with E-state index in [1.165, 1.54) is 35.0 Å². The number of nitrogens with zero attached hydrogens (tertiary/aromatic N) is 2. The van der Waals surface area contributed by atoms with Gasteiger partial charge in [-0.2, -0.15) is 22.0 Å². The summed E-state index contributed by atoms with van der Waals surface area (Å²) in [6.45, 7) is -3.22. The van der Waals surface area contributed by atoms with Crippen molar-refractivity contribution in [1.82, 2.24) is 14.5 Å². The molecule has 0 radical (unpaired) electrons. The van der Waals surface area contributed by atoms with Crippen LogP contribution in [0.5, 0.6) is 5.75 Å². The predicted octanol–water partition coefficient (Wildman–Crippen LogP) is 5.15. The Morgan fingerprint density at radius 3 is 2.47 bits per heavy atom. The smallest absolute Gasteiger partial charge is 0.396 e. The third kappa shape index (κ3) is 4.79. The van der Waals surface area contributed by atoms with Crippen LogP contribution in [-0.2, 0) is 13.0 Å². The number of aromatic nitrogens is 3. The van der Waals surface area contributed by atoms with E-state index in [9.17, 15) is 26.7 Å². The highest BCUT2D eigenvalue weighted by Gasteiger charge is 2.31. The molecule has 0 atom stereocenters. The van der Waals surface area contributed by atoms with Gasteiger partial charge >= 0.3 is 12.8 Å². The molecule has 5 nitrogen and oxygen atoms in total. The average Bonchev–Trinajstić information content (AvgIpc) is 3.04. The van der Waals surface area contributed by atoms with E-state index in [0.717, 1.165) is 0 Å². The van der Waals surface area contributed by atoms with Gasteiger partial charge in [-0.05, 0) is 35.4 Å². The minimum atomic E-state index is -4.51. The Morgan fingerprint density at radius 1 is 1.03 bits per heavy atom. The summed E-state index contributed by atoms with van der Waals surface area (Å²) in [7, 11) is 0. The van der Waals surface area contributed by atoms with Crippen molar-refractivity contribution < 1.29 is 26.7 Å². The van der Waals surface area contributed by atoms with E-state index >= 15 is 0 Å². The molecule has 0 aliphatic heterocycles. The maximum atomic E-state index is 13.2. The Bertz CT molecular complexity index is 1290. The molecule has 0 spiro atoms. The van der Waals surface area contributed by atoms with Crippen molar-refractivity contribution in [2.45, 2.75) is 25.8 Å². The van der Waals surface area contributed by atoms with Crippen LogP contribution < -0.4 is 10.3 Å². The molecule has 1 N–H and O–H groups in total. The second-order valence-electron chi connectivity index (χ2n) is 7.04. The van der Waals surface area contributed by atoms with Gasteiger partial charge in [-0.1, -0.05) is 24.3 Å². The summed E-state index contributed by atoms with van der Waals surface area (Å²) in [5.41, 5.74) is 2.00. The van der Waals surface area contributed by atoms with Crippen LogP contribution in [0.4, 0.5) is 22.0 Å². The van der Waals surface area contributed by atoms with Crippen LogP contribution in [0.3, 0.4) is 0 Å². The van der Waals surface area contributed by atoms with Gasteiger partial charge in [0.2, 0.25) is 5.56 Å². The molecule has 2 aromatic heterocycles. The zero-order chi connectivity index (χ0) is 22.9. The highest BCUT2D eigenvalue weighted by atomic mass is 19.4. The van der Waals surface area contributed by atoms with Crippen molar-refractivity contribution in [3.05, 3.63) is 82.5 Å². The summed E-state index contributed by atoms with van der Waals surface area (Å²) in [4.78, 5) is 18.0. The molecule has 2 heterocycles. The van der Waals surface area contributed by atoms with Gasteiger partial charge in [-0.3, -0.25) is 4.79 Å². The number of nitrogens with one attached hydrogen (secondary N) is 1. The van der Waals surface area contributed by atoms with Crippen LogP contribution in [-0.4, -0.2) is 27.3 Å². The molecule has 0 bridgehead atoms. The fourth-order valence-corrected chi connectivity index (χ4v) is 3.45. The maximum absolute atomic E-state index is 13.2. The van der Waals surface area contributed by atoms with Crippen LogP contribution in [0.25, 0.3) is 22.2 Å². The number of pyridine rings is 1. The number of rotatable bonds is 6. The summed E-state index contributed by atoms with van der Waals surface area (Å²) < 4.78 is 71.1. The first-order valence-corrected chi connectivity index (χ1v) is 9.47. The number of halogens is 5. The fourth-order valence-electron chi connectivity index (χ4n) is 3.45. The normalized spacial score (nSPS) is 11.9. The Kier molecular flexibility index (Phi) is 5.68. The Morgan fingerprint density at radius 2 is 1.78 bits per heavy atom. The lowest BCUT2D eigenvalue weighted by Crippen LogP contribution is -2.17. The van der Waals surface area contributed by atoms with Crippen LogP contribution in [0.2, 0.25) is 0 Å². The summed E-state index contributed by atoms with van der Waals surface area (Å²) in [5, 5.41) is 0. The molecule has 0 saturated carbocycles. The van der Waals surface area contributed by atoms with Gasteiger partial charge in [0.1, 0.15) is 18.0 Å². The lowest BCUT2D eigenvalue weighted by molar-refractivity contribution is -0.128. The minimum Gasteiger partial charge on any atom is -0.434 e. The van der Waals surface area contributed by atoms with E-state index in [0.29, 0.717) is 22.2 Å². The van der Waals surface area contributed by atoms with E-state index in [-0.39, 0.29) is 29.2 Å². The topological polar surface area (TPSA) is 59.9 Å². The van der Waals surface area contributed by atoms with Gasteiger partial charge in [0.05, 0.1) is 17.6 Å². The zero-order valence-corrected chi connectivity index (χ0v) is 16.4. The Labute approximate surface area is 178 Å². The van der Waals surface area contributed by atoms with Gasteiger partial charge in [0.15, 0.2) is 0 Å². The van der Waals surface area contributed by atoms with Crippen molar-refractivity contribution in [2.24, 2.45) is 0 Å². The fraction of sp³-hybridized carbons (Fsp3) is 0.182. The number of fused-ring (bicyclic) bond motifs is 1. The quantitative estimate of drug-likeness (QED) is 0.415. The predicted molar refractivity (Wildman–Crippen MR) is 108 cm³/mol. The molecule has 4 rings (SSSR count). The van der Waals surface area contributed by atoms with Gasteiger partial charge in [-0.25, -0.2) is 4.98 Å². The molecule has 0 aliphatic rings. The first-order valence-electron chi connectivity index (χ1n) is 9.47. The molecule has 166 valence electrons. The van der Waals surface area contributed by atoms with Crippen molar-refractivity contribution in [3.8, 4) is 16.9 Å². The Hall–Kier alpha value is -3.69. The molecule has 4 aromatic rings. The lowest BCUT2D eigenvalue weighted by atomic mass is 10.1. The molecule has 0 amide bonds. The van der Waals surface area contributed by atoms with E-state index in [4.69, 9.17) is 0 Å². The van der Waals surface area contributed by atoms with E-state index < -0.39 is 19.2 Å². The molecule has 32 heavy (non-hydrogen) atoms. The van der Waals surface area contributed by atoms with E-state index in [2.05, 4.69) is 14.7 Å². The van der Waals surface area contributed by atoms with Crippen LogP contribution in [0.1, 0.15) is 11.4 Å². The number of imidazole rings is 1. The maximum Gasteiger partial charge on any atom is 0.396 e. The third-order valence-electron chi connectivity index (χ3n) is 4.82. The molecule has 2 aromatic carbocycles. The zero-order valence-electron chi connectivity index (χ0n) is 16.4. The van der Waals surface area contributed by atoms with E-state index in [1.807, 2.05) is 0 Å². The van der Waals surface area contributed by atoms with Gasteiger partial charge < -0.3 is 14.3 Å². The SMILES string of the molecule is O=c1ccc(-c2ccc3nc(CC(F)(F)F)n(Cc4ccccc4OC(F)F)c3c2)c[nH]1. The largest absolute Gasteiger partial charge is 0.434 e. The first-order chi connectivity index (χ1) is 15.2. The number of aromatic amines is 1.